The summed E-state index contributed by atoms with van der Waals surface area (Å²) in [7, 11) is 4.11. The van der Waals surface area contributed by atoms with Gasteiger partial charge < -0.3 is 15.1 Å². The van der Waals surface area contributed by atoms with Crippen molar-refractivity contribution in [2.75, 3.05) is 33.7 Å². The molecule has 0 radical (unpaired) electrons. The zero-order valence-electron chi connectivity index (χ0n) is 14.5. The van der Waals surface area contributed by atoms with Gasteiger partial charge in [0.1, 0.15) is 0 Å². The molecule has 0 bridgehead atoms. The van der Waals surface area contributed by atoms with Gasteiger partial charge in [0.25, 0.3) is 0 Å². The van der Waals surface area contributed by atoms with Gasteiger partial charge in [0.05, 0.1) is 0 Å². The Morgan fingerprint density at radius 2 is 1.91 bits per heavy atom. The number of amides is 1. The number of halogens is 1. The number of benzene rings is 1. The maximum atomic E-state index is 12.9. The van der Waals surface area contributed by atoms with E-state index < -0.39 is 0 Å². The zero-order chi connectivity index (χ0) is 15.9. The van der Waals surface area contributed by atoms with Crippen molar-refractivity contribution in [3.05, 3.63) is 35.9 Å². The first-order valence-electron chi connectivity index (χ1n) is 8.27. The molecule has 1 aliphatic rings. The van der Waals surface area contributed by atoms with Crippen molar-refractivity contribution in [3.8, 4) is 0 Å². The Morgan fingerprint density at radius 3 is 2.52 bits per heavy atom. The molecular formula is C18H30ClN3O. The van der Waals surface area contributed by atoms with E-state index in [4.69, 9.17) is 0 Å². The number of nitrogens with one attached hydrogen (secondary N) is 1. The lowest BCUT2D eigenvalue weighted by molar-refractivity contribution is -0.137. The van der Waals surface area contributed by atoms with E-state index in [2.05, 4.69) is 43.4 Å². The molecule has 0 aromatic heterocycles. The van der Waals surface area contributed by atoms with Crippen LogP contribution in [0.3, 0.4) is 0 Å². The average Bonchev–Trinajstić information content (AvgIpc) is 2.51. The van der Waals surface area contributed by atoms with Crippen molar-refractivity contribution >= 4 is 18.3 Å². The SMILES string of the molecule is C[C@H]1C[C@@H](C(=O)N(CCN(C)C)Cc2ccccc2)CCN1.Cl. The van der Waals surface area contributed by atoms with Gasteiger partial charge in [-0.05, 0) is 46.0 Å². The summed E-state index contributed by atoms with van der Waals surface area (Å²) < 4.78 is 0. The van der Waals surface area contributed by atoms with Gasteiger partial charge in [0, 0.05) is 31.6 Å². The second-order valence-electron chi connectivity index (χ2n) is 6.63. The van der Waals surface area contributed by atoms with Crippen LogP contribution < -0.4 is 5.32 Å². The van der Waals surface area contributed by atoms with Crippen molar-refractivity contribution in [2.24, 2.45) is 5.92 Å². The van der Waals surface area contributed by atoms with Crippen molar-refractivity contribution in [1.29, 1.82) is 0 Å². The molecule has 1 aliphatic heterocycles. The summed E-state index contributed by atoms with van der Waals surface area (Å²) in [6.45, 7) is 5.52. The maximum absolute atomic E-state index is 12.9. The molecule has 0 unspecified atom stereocenters. The third-order valence-electron chi connectivity index (χ3n) is 4.32. The molecule has 1 aromatic rings. The summed E-state index contributed by atoms with van der Waals surface area (Å²) in [5.74, 6) is 0.487. The summed E-state index contributed by atoms with van der Waals surface area (Å²) in [6.07, 6.45) is 1.91. The minimum Gasteiger partial charge on any atom is -0.337 e. The highest BCUT2D eigenvalue weighted by atomic mass is 35.5. The van der Waals surface area contributed by atoms with E-state index in [1.54, 1.807) is 0 Å². The lowest BCUT2D eigenvalue weighted by atomic mass is 9.92. The van der Waals surface area contributed by atoms with Crippen LogP contribution in [0.1, 0.15) is 25.3 Å². The van der Waals surface area contributed by atoms with E-state index in [9.17, 15) is 4.79 Å². The molecule has 1 heterocycles. The van der Waals surface area contributed by atoms with E-state index in [1.165, 1.54) is 5.56 Å². The second kappa shape index (κ2) is 9.91. The molecule has 1 amide bonds. The molecule has 2 rings (SSSR count). The Morgan fingerprint density at radius 1 is 1.22 bits per heavy atom. The summed E-state index contributed by atoms with van der Waals surface area (Å²) >= 11 is 0. The van der Waals surface area contributed by atoms with E-state index in [0.29, 0.717) is 18.5 Å². The Kier molecular flexibility index (Phi) is 8.59. The Labute approximate surface area is 146 Å². The van der Waals surface area contributed by atoms with Gasteiger partial charge in [-0.1, -0.05) is 30.3 Å². The lowest BCUT2D eigenvalue weighted by Crippen LogP contribution is -2.45. The molecule has 23 heavy (non-hydrogen) atoms. The number of carbonyl (C=O) groups is 1. The van der Waals surface area contributed by atoms with E-state index in [0.717, 1.165) is 32.5 Å². The summed E-state index contributed by atoms with van der Waals surface area (Å²) in [4.78, 5) is 17.1. The largest absolute Gasteiger partial charge is 0.337 e. The third kappa shape index (κ3) is 6.50. The van der Waals surface area contributed by atoms with Crippen LogP contribution in [0.25, 0.3) is 0 Å². The third-order valence-corrected chi connectivity index (χ3v) is 4.32. The fourth-order valence-corrected chi connectivity index (χ4v) is 3.01. The van der Waals surface area contributed by atoms with Gasteiger partial charge >= 0.3 is 0 Å². The molecule has 5 heteroatoms. The molecule has 1 fully saturated rings. The monoisotopic (exact) mass is 339 g/mol. The van der Waals surface area contributed by atoms with Crippen LogP contribution in [-0.4, -0.2) is 55.5 Å². The van der Waals surface area contributed by atoms with Crippen LogP contribution >= 0.6 is 12.4 Å². The van der Waals surface area contributed by atoms with Gasteiger partial charge in [-0.2, -0.15) is 0 Å². The van der Waals surface area contributed by atoms with Crippen LogP contribution in [0.15, 0.2) is 30.3 Å². The highest BCUT2D eigenvalue weighted by Crippen LogP contribution is 2.20. The van der Waals surface area contributed by atoms with Crippen LogP contribution in [0.4, 0.5) is 0 Å². The predicted molar refractivity (Wildman–Crippen MR) is 97.8 cm³/mol. The lowest BCUT2D eigenvalue weighted by Gasteiger charge is -2.33. The zero-order valence-corrected chi connectivity index (χ0v) is 15.3. The number of hydrogen-bond donors (Lipinski definition) is 1. The number of rotatable bonds is 6. The van der Waals surface area contributed by atoms with Gasteiger partial charge in [-0.25, -0.2) is 0 Å². The Hall–Kier alpha value is -1.10. The highest BCUT2D eigenvalue weighted by Gasteiger charge is 2.28. The molecule has 4 nitrogen and oxygen atoms in total. The molecular weight excluding hydrogens is 310 g/mol. The van der Waals surface area contributed by atoms with E-state index in [1.807, 2.05) is 23.1 Å². The first-order chi connectivity index (χ1) is 10.6. The van der Waals surface area contributed by atoms with Crippen LogP contribution in [0, 0.1) is 5.92 Å². The van der Waals surface area contributed by atoms with Crippen LogP contribution in [-0.2, 0) is 11.3 Å². The van der Waals surface area contributed by atoms with Gasteiger partial charge in [-0.3, -0.25) is 4.79 Å². The standard InChI is InChI=1S/C18H29N3O.ClH/c1-15-13-17(9-10-19-15)18(22)21(12-11-20(2)3)14-16-7-5-4-6-8-16;/h4-8,15,17,19H,9-14H2,1-3H3;1H/t15-,17-;/m0./s1. The molecule has 1 saturated heterocycles. The average molecular weight is 340 g/mol. The first kappa shape index (κ1) is 19.9. The number of piperidine rings is 1. The molecule has 130 valence electrons. The highest BCUT2D eigenvalue weighted by molar-refractivity contribution is 5.85. The summed E-state index contributed by atoms with van der Waals surface area (Å²) in [5.41, 5.74) is 1.21. The fraction of sp³-hybridized carbons (Fsp3) is 0.611. The maximum Gasteiger partial charge on any atom is 0.226 e. The van der Waals surface area contributed by atoms with Gasteiger partial charge in [0.2, 0.25) is 5.91 Å². The van der Waals surface area contributed by atoms with Crippen LogP contribution in [0.5, 0.6) is 0 Å². The predicted octanol–water partition coefficient (Wildman–Crippen LogP) is 2.39. The quantitative estimate of drug-likeness (QED) is 0.864. The minimum absolute atomic E-state index is 0. The van der Waals surface area contributed by atoms with Crippen molar-refractivity contribution < 1.29 is 4.79 Å². The van der Waals surface area contributed by atoms with Gasteiger partial charge in [0.15, 0.2) is 0 Å². The second-order valence-corrected chi connectivity index (χ2v) is 6.63. The number of hydrogen-bond acceptors (Lipinski definition) is 3. The molecule has 1 N–H and O–H groups in total. The molecule has 2 atom stereocenters. The summed E-state index contributed by atoms with van der Waals surface area (Å²) in [5, 5.41) is 3.43. The fourth-order valence-electron chi connectivity index (χ4n) is 3.01. The van der Waals surface area contributed by atoms with Crippen molar-refractivity contribution in [1.82, 2.24) is 15.1 Å². The van der Waals surface area contributed by atoms with Crippen molar-refractivity contribution in [2.45, 2.75) is 32.4 Å². The minimum atomic E-state index is 0. The Balaban J connectivity index is 0.00000264. The number of carbonyl (C=O) groups excluding carboxylic acids is 1. The Bertz CT molecular complexity index is 467. The molecule has 1 aromatic carbocycles. The topological polar surface area (TPSA) is 35.6 Å². The molecule has 0 saturated carbocycles. The molecule has 0 aliphatic carbocycles. The normalized spacial score (nSPS) is 20.9. The number of likely N-dealkylation sites (N-methyl/N-ethyl adjacent to an activating group) is 1. The van der Waals surface area contributed by atoms with E-state index in [-0.39, 0.29) is 18.3 Å². The first-order valence-corrected chi connectivity index (χ1v) is 8.27. The van der Waals surface area contributed by atoms with Gasteiger partial charge in [-0.15, -0.1) is 12.4 Å². The number of nitrogens with zero attached hydrogens (tertiary/aromatic N) is 2. The summed E-state index contributed by atoms with van der Waals surface area (Å²) in [6, 6.07) is 10.7. The smallest absolute Gasteiger partial charge is 0.226 e. The molecule has 0 spiro atoms. The van der Waals surface area contributed by atoms with Crippen molar-refractivity contribution in [3.63, 3.8) is 0 Å². The van der Waals surface area contributed by atoms with Crippen LogP contribution in [0.2, 0.25) is 0 Å². The van der Waals surface area contributed by atoms with E-state index >= 15 is 0 Å².